The van der Waals surface area contributed by atoms with Crippen LogP contribution < -0.4 is 5.32 Å². The number of rotatable bonds is 6. The third-order valence-electron chi connectivity index (χ3n) is 4.78. The second kappa shape index (κ2) is 8.23. The van der Waals surface area contributed by atoms with Crippen LogP contribution in [0.2, 0.25) is 0 Å². The molecule has 0 aliphatic heterocycles. The molecule has 0 aromatic heterocycles. The Balaban J connectivity index is 1.57. The predicted octanol–water partition coefficient (Wildman–Crippen LogP) is 2.86. The van der Waals surface area contributed by atoms with Gasteiger partial charge in [-0.15, -0.1) is 0 Å². The van der Waals surface area contributed by atoms with Crippen molar-refractivity contribution in [2.75, 3.05) is 13.2 Å². The van der Waals surface area contributed by atoms with Crippen molar-refractivity contribution >= 4 is 0 Å². The van der Waals surface area contributed by atoms with Crippen molar-refractivity contribution in [1.82, 2.24) is 5.32 Å². The number of hydrogen-bond acceptors (Lipinski definition) is 3. The lowest BCUT2D eigenvalue weighted by Gasteiger charge is -2.30. The van der Waals surface area contributed by atoms with Crippen LogP contribution in [-0.2, 0) is 4.74 Å². The van der Waals surface area contributed by atoms with Crippen LogP contribution in [0.5, 0.6) is 0 Å². The molecule has 2 rings (SSSR count). The van der Waals surface area contributed by atoms with Gasteiger partial charge in [-0.2, -0.15) is 0 Å². The average Bonchev–Trinajstić information content (AvgIpc) is 2.45. The Morgan fingerprint density at radius 2 is 1.74 bits per heavy atom. The smallest absolute Gasteiger partial charge is 0.0897 e. The molecule has 3 atom stereocenters. The molecular weight excluding hydrogens is 238 g/mol. The van der Waals surface area contributed by atoms with Crippen molar-refractivity contribution in [3.63, 3.8) is 0 Å². The van der Waals surface area contributed by atoms with E-state index in [9.17, 15) is 5.11 Å². The molecule has 0 aromatic rings. The molecule has 0 bridgehead atoms. The molecule has 2 saturated carbocycles. The Hall–Kier alpha value is -0.120. The van der Waals surface area contributed by atoms with Gasteiger partial charge in [0.05, 0.1) is 18.8 Å². The Bertz CT molecular complexity index is 241. The molecule has 2 fully saturated rings. The highest BCUT2D eigenvalue weighted by Gasteiger charge is 2.23. The third kappa shape index (κ3) is 5.41. The molecule has 0 heterocycles. The van der Waals surface area contributed by atoms with Gasteiger partial charge in [0.1, 0.15) is 0 Å². The summed E-state index contributed by atoms with van der Waals surface area (Å²) in [4.78, 5) is 0. The van der Waals surface area contributed by atoms with E-state index in [2.05, 4.69) is 12.2 Å². The molecule has 2 aliphatic carbocycles. The van der Waals surface area contributed by atoms with Crippen LogP contribution in [-0.4, -0.2) is 36.5 Å². The predicted molar refractivity (Wildman–Crippen MR) is 78.3 cm³/mol. The van der Waals surface area contributed by atoms with Crippen LogP contribution in [0.25, 0.3) is 0 Å². The molecule has 0 amide bonds. The van der Waals surface area contributed by atoms with Gasteiger partial charge >= 0.3 is 0 Å². The van der Waals surface area contributed by atoms with Crippen molar-refractivity contribution < 1.29 is 9.84 Å². The SMILES string of the molecule is CC1CCCCC1OCC(O)CNC1CCCCC1. The maximum absolute atomic E-state index is 10.0. The van der Waals surface area contributed by atoms with Crippen molar-refractivity contribution in [1.29, 1.82) is 0 Å². The minimum Gasteiger partial charge on any atom is -0.389 e. The molecule has 0 aromatic carbocycles. The second-order valence-corrected chi connectivity index (χ2v) is 6.53. The van der Waals surface area contributed by atoms with Crippen molar-refractivity contribution in [2.45, 2.75) is 83.0 Å². The highest BCUT2D eigenvalue weighted by molar-refractivity contribution is 4.75. The normalized spacial score (nSPS) is 31.3. The minimum atomic E-state index is -0.351. The summed E-state index contributed by atoms with van der Waals surface area (Å²) in [6.45, 7) is 3.46. The maximum Gasteiger partial charge on any atom is 0.0897 e. The van der Waals surface area contributed by atoms with E-state index in [-0.39, 0.29) is 6.10 Å². The van der Waals surface area contributed by atoms with E-state index in [0.717, 1.165) is 0 Å². The lowest BCUT2D eigenvalue weighted by atomic mass is 9.88. The Morgan fingerprint density at radius 3 is 2.47 bits per heavy atom. The summed E-state index contributed by atoms with van der Waals surface area (Å²) in [7, 11) is 0. The molecule has 2 N–H and O–H groups in total. The van der Waals surface area contributed by atoms with E-state index in [1.165, 1.54) is 57.8 Å². The van der Waals surface area contributed by atoms with E-state index in [1.807, 2.05) is 0 Å². The monoisotopic (exact) mass is 269 g/mol. The molecule has 3 unspecified atom stereocenters. The summed E-state index contributed by atoms with van der Waals surface area (Å²) >= 11 is 0. The third-order valence-corrected chi connectivity index (χ3v) is 4.78. The van der Waals surface area contributed by atoms with Crippen molar-refractivity contribution in [3.05, 3.63) is 0 Å². The second-order valence-electron chi connectivity index (χ2n) is 6.53. The van der Waals surface area contributed by atoms with Crippen LogP contribution in [0.1, 0.15) is 64.7 Å². The van der Waals surface area contributed by atoms with Gasteiger partial charge in [0, 0.05) is 12.6 Å². The summed E-state index contributed by atoms with van der Waals surface area (Å²) in [5.74, 6) is 0.659. The summed E-state index contributed by atoms with van der Waals surface area (Å²) in [5, 5.41) is 13.5. The van der Waals surface area contributed by atoms with Crippen molar-refractivity contribution in [3.8, 4) is 0 Å². The highest BCUT2D eigenvalue weighted by Crippen LogP contribution is 2.26. The quantitative estimate of drug-likeness (QED) is 0.779. The van der Waals surface area contributed by atoms with E-state index in [1.54, 1.807) is 0 Å². The number of aliphatic hydroxyl groups is 1. The molecule has 19 heavy (non-hydrogen) atoms. The molecule has 112 valence electrons. The Morgan fingerprint density at radius 1 is 1.05 bits per heavy atom. The first kappa shape index (κ1) is 15.3. The van der Waals surface area contributed by atoms with Crippen LogP contribution in [0.15, 0.2) is 0 Å². The molecule has 3 heteroatoms. The largest absolute Gasteiger partial charge is 0.389 e. The van der Waals surface area contributed by atoms with E-state index < -0.39 is 0 Å². The zero-order chi connectivity index (χ0) is 13.5. The van der Waals surface area contributed by atoms with Crippen molar-refractivity contribution in [2.24, 2.45) is 5.92 Å². The lowest BCUT2D eigenvalue weighted by Crippen LogP contribution is -2.39. The van der Waals surface area contributed by atoms with Gasteiger partial charge in [-0.3, -0.25) is 0 Å². The van der Waals surface area contributed by atoms with E-state index >= 15 is 0 Å². The van der Waals surface area contributed by atoms with Crippen LogP contribution in [0, 0.1) is 5.92 Å². The topological polar surface area (TPSA) is 41.5 Å². The lowest BCUT2D eigenvalue weighted by molar-refractivity contribution is -0.0458. The molecule has 3 nitrogen and oxygen atoms in total. The standard InChI is InChI=1S/C16H31NO2/c1-13-7-5-6-10-16(13)19-12-15(18)11-17-14-8-3-2-4-9-14/h13-18H,2-12H2,1H3. The Kier molecular flexibility index (Phi) is 6.62. The first-order valence-corrected chi connectivity index (χ1v) is 8.28. The van der Waals surface area contributed by atoms with Gasteiger partial charge < -0.3 is 15.2 Å². The molecule has 2 aliphatic rings. The van der Waals surface area contributed by atoms with E-state index in [0.29, 0.717) is 31.2 Å². The van der Waals surface area contributed by atoms with Gasteiger partial charge in [-0.05, 0) is 31.6 Å². The average molecular weight is 269 g/mol. The van der Waals surface area contributed by atoms with Gasteiger partial charge in [0.25, 0.3) is 0 Å². The molecular formula is C16H31NO2. The number of aliphatic hydroxyl groups excluding tert-OH is 1. The van der Waals surface area contributed by atoms with E-state index in [4.69, 9.17) is 4.74 Å². The number of nitrogens with one attached hydrogen (secondary N) is 1. The molecule has 0 spiro atoms. The first-order valence-electron chi connectivity index (χ1n) is 8.28. The van der Waals surface area contributed by atoms with Crippen LogP contribution in [0.4, 0.5) is 0 Å². The van der Waals surface area contributed by atoms with Crippen LogP contribution in [0.3, 0.4) is 0 Å². The van der Waals surface area contributed by atoms with Gasteiger partial charge in [0.15, 0.2) is 0 Å². The Labute approximate surface area is 118 Å². The summed E-state index contributed by atoms with van der Waals surface area (Å²) < 4.78 is 5.91. The molecule has 0 saturated heterocycles. The fraction of sp³-hybridized carbons (Fsp3) is 1.00. The van der Waals surface area contributed by atoms with Gasteiger partial charge in [-0.25, -0.2) is 0 Å². The highest BCUT2D eigenvalue weighted by atomic mass is 16.5. The fourth-order valence-electron chi connectivity index (χ4n) is 3.43. The summed E-state index contributed by atoms with van der Waals surface area (Å²) in [5.41, 5.74) is 0. The number of hydrogen-bond donors (Lipinski definition) is 2. The van der Waals surface area contributed by atoms with Gasteiger partial charge in [0.2, 0.25) is 0 Å². The number of ether oxygens (including phenoxy) is 1. The maximum atomic E-state index is 10.0. The summed E-state index contributed by atoms with van der Waals surface area (Å²) in [6, 6.07) is 0.622. The summed E-state index contributed by atoms with van der Waals surface area (Å²) in [6.07, 6.45) is 11.7. The van der Waals surface area contributed by atoms with Crippen LogP contribution >= 0.6 is 0 Å². The minimum absolute atomic E-state index is 0.351. The molecule has 0 radical (unpaired) electrons. The van der Waals surface area contributed by atoms with Gasteiger partial charge in [-0.1, -0.05) is 39.0 Å². The zero-order valence-electron chi connectivity index (χ0n) is 12.4. The zero-order valence-corrected chi connectivity index (χ0v) is 12.4. The fourth-order valence-corrected chi connectivity index (χ4v) is 3.43. The first-order chi connectivity index (χ1) is 9.25.